The highest BCUT2D eigenvalue weighted by molar-refractivity contribution is 6.37. The molecule has 0 saturated carbocycles. The Morgan fingerprint density at radius 1 is 1.12 bits per heavy atom. The molecule has 0 bridgehead atoms. The van der Waals surface area contributed by atoms with E-state index in [2.05, 4.69) is 0 Å². The lowest BCUT2D eigenvalue weighted by Crippen LogP contribution is -2.16. The number of carbonyl (C=O) groups excluding carboxylic acids is 1. The van der Waals surface area contributed by atoms with Gasteiger partial charge in [-0.25, -0.2) is 4.79 Å². The second-order valence-corrected chi connectivity index (χ2v) is 3.47. The van der Waals surface area contributed by atoms with Gasteiger partial charge in [-0.2, -0.15) is 0 Å². The number of hydrogen-bond acceptors (Lipinski definition) is 2. The maximum absolute atomic E-state index is 11.9. The first-order valence-corrected chi connectivity index (χ1v) is 4.94. The molecule has 1 N–H and O–H groups in total. The number of carboxylic acids is 1. The van der Waals surface area contributed by atoms with Crippen LogP contribution in [0.3, 0.4) is 0 Å². The minimum atomic E-state index is -1.16. The van der Waals surface area contributed by atoms with Crippen LogP contribution in [0.1, 0.15) is 12.0 Å². The van der Waals surface area contributed by atoms with Gasteiger partial charge in [0.1, 0.15) is 5.57 Å². The molecule has 0 heterocycles. The Balaban J connectivity index is 2.36. The zero-order valence-corrected chi connectivity index (χ0v) is 8.51. The lowest BCUT2D eigenvalue weighted by atomic mass is 9.91. The van der Waals surface area contributed by atoms with Crippen molar-refractivity contribution in [2.45, 2.75) is 6.42 Å². The van der Waals surface area contributed by atoms with Crippen LogP contribution in [-0.2, 0) is 9.59 Å². The topological polar surface area (TPSA) is 54.4 Å². The number of ketones is 1. The van der Waals surface area contributed by atoms with Crippen LogP contribution < -0.4 is 0 Å². The van der Waals surface area contributed by atoms with Crippen LogP contribution in [0.4, 0.5) is 0 Å². The van der Waals surface area contributed by atoms with Crippen molar-refractivity contribution in [3.05, 3.63) is 53.6 Å². The van der Waals surface area contributed by atoms with Crippen LogP contribution >= 0.6 is 0 Å². The first-order valence-electron chi connectivity index (χ1n) is 4.94. The number of allylic oxidation sites excluding steroid dienone is 3. The highest BCUT2D eigenvalue weighted by atomic mass is 16.4. The van der Waals surface area contributed by atoms with E-state index < -0.39 is 11.8 Å². The molecule has 0 saturated heterocycles. The second kappa shape index (κ2) is 4.14. The van der Waals surface area contributed by atoms with E-state index in [1.165, 1.54) is 6.08 Å². The van der Waals surface area contributed by atoms with Crippen molar-refractivity contribution in [1.82, 2.24) is 0 Å². The van der Waals surface area contributed by atoms with Crippen molar-refractivity contribution in [2.24, 2.45) is 0 Å². The van der Waals surface area contributed by atoms with E-state index in [1.807, 2.05) is 18.2 Å². The van der Waals surface area contributed by atoms with E-state index in [1.54, 1.807) is 18.2 Å². The van der Waals surface area contributed by atoms with Gasteiger partial charge in [-0.3, -0.25) is 4.79 Å². The average molecular weight is 214 g/mol. The van der Waals surface area contributed by atoms with Crippen LogP contribution in [0.5, 0.6) is 0 Å². The SMILES string of the molecule is O=C(O)C1=CCC=C(c2ccccc2)C1=O. The summed E-state index contributed by atoms with van der Waals surface area (Å²) >= 11 is 0. The standard InChI is InChI=1S/C13H10O3/c14-12-10(9-5-2-1-3-6-9)7-4-8-11(12)13(15)16/h1-3,5-8H,4H2,(H,15,16). The molecule has 16 heavy (non-hydrogen) atoms. The monoisotopic (exact) mass is 214 g/mol. The molecule has 1 aromatic carbocycles. The zero-order valence-electron chi connectivity index (χ0n) is 8.51. The van der Waals surface area contributed by atoms with Crippen LogP contribution in [-0.4, -0.2) is 16.9 Å². The van der Waals surface area contributed by atoms with E-state index in [0.29, 0.717) is 12.0 Å². The number of aliphatic carboxylic acids is 1. The fraction of sp³-hybridized carbons (Fsp3) is 0.0769. The van der Waals surface area contributed by atoms with Crippen LogP contribution in [0.2, 0.25) is 0 Å². The van der Waals surface area contributed by atoms with Gasteiger partial charge in [0.05, 0.1) is 0 Å². The Morgan fingerprint density at radius 3 is 2.44 bits per heavy atom. The minimum Gasteiger partial charge on any atom is -0.478 e. The Bertz CT molecular complexity index is 495. The summed E-state index contributed by atoms with van der Waals surface area (Å²) in [6.45, 7) is 0. The lowest BCUT2D eigenvalue weighted by Gasteiger charge is -2.11. The van der Waals surface area contributed by atoms with Crippen molar-refractivity contribution in [3.8, 4) is 0 Å². The van der Waals surface area contributed by atoms with E-state index in [4.69, 9.17) is 5.11 Å². The Morgan fingerprint density at radius 2 is 1.81 bits per heavy atom. The summed E-state index contributed by atoms with van der Waals surface area (Å²) in [5.41, 5.74) is 1.10. The third-order valence-electron chi connectivity index (χ3n) is 2.45. The largest absolute Gasteiger partial charge is 0.478 e. The number of hydrogen-bond donors (Lipinski definition) is 1. The predicted molar refractivity (Wildman–Crippen MR) is 59.8 cm³/mol. The molecule has 2 rings (SSSR count). The normalized spacial score (nSPS) is 15.4. The third kappa shape index (κ3) is 1.80. The Labute approximate surface area is 92.7 Å². The molecule has 1 aliphatic carbocycles. The van der Waals surface area contributed by atoms with E-state index in [9.17, 15) is 9.59 Å². The van der Waals surface area contributed by atoms with Gasteiger partial charge in [-0.05, 0) is 12.0 Å². The van der Waals surface area contributed by atoms with Crippen molar-refractivity contribution in [3.63, 3.8) is 0 Å². The number of carboxylic acid groups (broad SMARTS) is 1. The molecule has 0 aromatic heterocycles. The molecule has 0 unspecified atom stereocenters. The van der Waals surface area contributed by atoms with Crippen LogP contribution in [0, 0.1) is 0 Å². The van der Waals surface area contributed by atoms with Crippen molar-refractivity contribution < 1.29 is 14.7 Å². The maximum atomic E-state index is 11.9. The molecule has 1 aliphatic rings. The van der Waals surface area contributed by atoms with E-state index in [-0.39, 0.29) is 5.57 Å². The molecular formula is C13H10O3. The summed E-state index contributed by atoms with van der Waals surface area (Å²) in [7, 11) is 0. The summed E-state index contributed by atoms with van der Waals surface area (Å²) in [6, 6.07) is 9.10. The molecule has 0 spiro atoms. The summed E-state index contributed by atoms with van der Waals surface area (Å²) in [4.78, 5) is 22.7. The quantitative estimate of drug-likeness (QED) is 0.766. The van der Waals surface area contributed by atoms with E-state index in [0.717, 1.165) is 5.56 Å². The molecule has 0 fully saturated rings. The lowest BCUT2D eigenvalue weighted by molar-refractivity contribution is -0.134. The first-order chi connectivity index (χ1) is 7.70. The van der Waals surface area contributed by atoms with Gasteiger partial charge < -0.3 is 5.11 Å². The van der Waals surface area contributed by atoms with Crippen molar-refractivity contribution in [1.29, 1.82) is 0 Å². The van der Waals surface area contributed by atoms with Gasteiger partial charge in [-0.1, -0.05) is 42.5 Å². The maximum Gasteiger partial charge on any atom is 0.339 e. The number of carbonyl (C=O) groups is 2. The summed E-state index contributed by atoms with van der Waals surface area (Å²) in [6.07, 6.45) is 3.68. The fourth-order valence-corrected chi connectivity index (χ4v) is 1.68. The van der Waals surface area contributed by atoms with Crippen molar-refractivity contribution >= 4 is 17.3 Å². The summed E-state index contributed by atoms with van der Waals surface area (Å²) in [5, 5.41) is 8.86. The number of Topliss-reactive ketones (excluding diaryl/α,β-unsaturated/α-hetero) is 1. The summed E-state index contributed by atoms with van der Waals surface area (Å²) < 4.78 is 0. The zero-order chi connectivity index (χ0) is 11.5. The first kappa shape index (κ1) is 10.4. The second-order valence-electron chi connectivity index (χ2n) is 3.47. The molecule has 3 heteroatoms. The van der Waals surface area contributed by atoms with Gasteiger partial charge in [0.25, 0.3) is 0 Å². The highest BCUT2D eigenvalue weighted by Crippen LogP contribution is 2.23. The highest BCUT2D eigenvalue weighted by Gasteiger charge is 2.24. The molecule has 0 aliphatic heterocycles. The predicted octanol–water partition coefficient (Wildman–Crippen LogP) is 2.05. The Hall–Kier alpha value is -2.16. The summed E-state index contributed by atoms with van der Waals surface area (Å²) in [5.74, 6) is -1.57. The third-order valence-corrected chi connectivity index (χ3v) is 2.45. The van der Waals surface area contributed by atoms with Gasteiger partial charge in [0, 0.05) is 5.57 Å². The van der Waals surface area contributed by atoms with Gasteiger partial charge in [0.15, 0.2) is 5.78 Å². The number of rotatable bonds is 2. The van der Waals surface area contributed by atoms with Gasteiger partial charge >= 0.3 is 5.97 Å². The average Bonchev–Trinajstić information content (AvgIpc) is 2.30. The molecule has 0 atom stereocenters. The van der Waals surface area contributed by atoms with Gasteiger partial charge in [0.2, 0.25) is 0 Å². The minimum absolute atomic E-state index is 0.138. The molecule has 3 nitrogen and oxygen atoms in total. The van der Waals surface area contributed by atoms with Crippen LogP contribution in [0.25, 0.3) is 5.57 Å². The van der Waals surface area contributed by atoms with Crippen molar-refractivity contribution in [2.75, 3.05) is 0 Å². The molecule has 0 amide bonds. The fourth-order valence-electron chi connectivity index (χ4n) is 1.68. The molecule has 0 radical (unpaired) electrons. The Kier molecular flexibility index (Phi) is 2.68. The molecule has 80 valence electrons. The number of benzene rings is 1. The molecule has 1 aromatic rings. The van der Waals surface area contributed by atoms with Crippen LogP contribution in [0.15, 0.2) is 48.1 Å². The van der Waals surface area contributed by atoms with Gasteiger partial charge in [-0.15, -0.1) is 0 Å². The van der Waals surface area contributed by atoms with E-state index >= 15 is 0 Å². The molecular weight excluding hydrogens is 204 g/mol. The smallest absolute Gasteiger partial charge is 0.339 e.